The van der Waals surface area contributed by atoms with Gasteiger partial charge in [0.2, 0.25) is 11.8 Å². The summed E-state index contributed by atoms with van der Waals surface area (Å²) in [4.78, 5) is 40.3. The van der Waals surface area contributed by atoms with E-state index in [1.807, 2.05) is 4.90 Å². The molecule has 176 valence electrons. The molecule has 0 spiro atoms. The molecule has 4 heterocycles. The first-order chi connectivity index (χ1) is 15.5. The van der Waals surface area contributed by atoms with Crippen molar-refractivity contribution in [1.82, 2.24) is 19.8 Å². The van der Waals surface area contributed by atoms with Gasteiger partial charge in [-0.3, -0.25) is 14.5 Å². The van der Waals surface area contributed by atoms with Gasteiger partial charge in [-0.2, -0.15) is 0 Å². The van der Waals surface area contributed by atoms with Gasteiger partial charge in [-0.15, -0.1) is 0 Å². The number of nitrogens with zero attached hydrogens (tertiary/aromatic N) is 5. The zero-order valence-corrected chi connectivity index (χ0v) is 19.2. The van der Waals surface area contributed by atoms with Crippen LogP contribution >= 0.6 is 0 Å². The first-order valence-corrected chi connectivity index (χ1v) is 12.0. The van der Waals surface area contributed by atoms with Crippen molar-refractivity contribution in [3.8, 4) is 0 Å². The second-order valence-corrected chi connectivity index (χ2v) is 9.14. The SMILES string of the molecule is CCc1cc(N2CCOCC2)nc(C2CCN(C(=O)CN3CCC(C(N)=O)CC3)CC2)n1. The average molecular weight is 445 g/mol. The van der Waals surface area contributed by atoms with Gasteiger partial charge in [0.25, 0.3) is 0 Å². The van der Waals surface area contributed by atoms with Crippen LogP contribution in [-0.4, -0.2) is 90.6 Å². The van der Waals surface area contributed by atoms with Crippen LogP contribution in [0.5, 0.6) is 0 Å². The molecular weight excluding hydrogens is 408 g/mol. The summed E-state index contributed by atoms with van der Waals surface area (Å²) >= 11 is 0. The predicted molar refractivity (Wildman–Crippen MR) is 121 cm³/mol. The van der Waals surface area contributed by atoms with E-state index in [4.69, 9.17) is 20.4 Å². The van der Waals surface area contributed by atoms with Crippen molar-refractivity contribution in [3.63, 3.8) is 0 Å². The number of rotatable bonds is 6. The van der Waals surface area contributed by atoms with Gasteiger partial charge in [-0.05, 0) is 45.2 Å². The lowest BCUT2D eigenvalue weighted by Gasteiger charge is -2.35. The van der Waals surface area contributed by atoms with Gasteiger partial charge in [0.1, 0.15) is 11.6 Å². The number of hydrogen-bond donors (Lipinski definition) is 1. The lowest BCUT2D eigenvalue weighted by molar-refractivity contribution is -0.134. The summed E-state index contributed by atoms with van der Waals surface area (Å²) in [5.74, 6) is 2.14. The number of aromatic nitrogens is 2. The molecule has 32 heavy (non-hydrogen) atoms. The molecule has 0 saturated carbocycles. The van der Waals surface area contributed by atoms with Crippen LogP contribution in [0.25, 0.3) is 0 Å². The van der Waals surface area contributed by atoms with Gasteiger partial charge >= 0.3 is 0 Å². The minimum atomic E-state index is -0.218. The number of amides is 2. The van der Waals surface area contributed by atoms with Gasteiger partial charge in [0.15, 0.2) is 0 Å². The lowest BCUT2D eigenvalue weighted by Crippen LogP contribution is -2.47. The van der Waals surface area contributed by atoms with Crippen LogP contribution in [0, 0.1) is 5.92 Å². The Hall–Kier alpha value is -2.26. The van der Waals surface area contributed by atoms with Crippen molar-refractivity contribution in [1.29, 1.82) is 0 Å². The first-order valence-electron chi connectivity index (χ1n) is 12.0. The summed E-state index contributed by atoms with van der Waals surface area (Å²) in [5.41, 5.74) is 6.49. The fourth-order valence-electron chi connectivity index (χ4n) is 4.88. The molecule has 3 aliphatic heterocycles. The Morgan fingerprint density at radius 2 is 1.72 bits per heavy atom. The van der Waals surface area contributed by atoms with Gasteiger partial charge in [0.05, 0.1) is 19.8 Å². The van der Waals surface area contributed by atoms with Crippen LogP contribution in [-0.2, 0) is 20.7 Å². The Bertz CT molecular complexity index is 797. The van der Waals surface area contributed by atoms with Crippen molar-refractivity contribution < 1.29 is 14.3 Å². The molecule has 9 heteroatoms. The van der Waals surface area contributed by atoms with Crippen LogP contribution in [0.3, 0.4) is 0 Å². The van der Waals surface area contributed by atoms with Crippen molar-refractivity contribution in [2.45, 2.75) is 44.9 Å². The number of primary amides is 1. The maximum Gasteiger partial charge on any atom is 0.236 e. The molecule has 9 nitrogen and oxygen atoms in total. The zero-order valence-electron chi connectivity index (χ0n) is 19.2. The van der Waals surface area contributed by atoms with E-state index in [1.165, 1.54) is 0 Å². The zero-order chi connectivity index (χ0) is 22.5. The highest BCUT2D eigenvalue weighted by molar-refractivity contribution is 5.79. The summed E-state index contributed by atoms with van der Waals surface area (Å²) in [5, 5.41) is 0. The van der Waals surface area contributed by atoms with Gasteiger partial charge < -0.3 is 20.3 Å². The number of anilines is 1. The second kappa shape index (κ2) is 10.6. The summed E-state index contributed by atoms with van der Waals surface area (Å²) in [6, 6.07) is 2.11. The van der Waals surface area contributed by atoms with Crippen LogP contribution in [0.2, 0.25) is 0 Å². The molecule has 3 fully saturated rings. The Morgan fingerprint density at radius 3 is 2.34 bits per heavy atom. The van der Waals surface area contributed by atoms with Crippen LogP contribution < -0.4 is 10.6 Å². The lowest BCUT2D eigenvalue weighted by atomic mass is 9.95. The highest BCUT2D eigenvalue weighted by Crippen LogP contribution is 2.28. The van der Waals surface area contributed by atoms with E-state index < -0.39 is 0 Å². The van der Waals surface area contributed by atoms with E-state index in [9.17, 15) is 9.59 Å². The average Bonchev–Trinajstić information content (AvgIpc) is 2.84. The topological polar surface area (TPSA) is 105 Å². The van der Waals surface area contributed by atoms with E-state index in [0.717, 1.165) is 102 Å². The molecule has 0 atom stereocenters. The molecule has 0 aliphatic carbocycles. The van der Waals surface area contributed by atoms with Crippen molar-refractivity contribution >= 4 is 17.6 Å². The van der Waals surface area contributed by atoms with Crippen LogP contribution in [0.1, 0.15) is 50.0 Å². The highest BCUT2D eigenvalue weighted by Gasteiger charge is 2.29. The molecule has 0 bridgehead atoms. The summed E-state index contributed by atoms with van der Waals surface area (Å²) < 4.78 is 5.48. The van der Waals surface area contributed by atoms with E-state index >= 15 is 0 Å². The van der Waals surface area contributed by atoms with Crippen LogP contribution in [0.15, 0.2) is 6.07 Å². The molecule has 4 rings (SSSR count). The first kappa shape index (κ1) is 22.9. The third kappa shape index (κ3) is 5.56. The fourth-order valence-corrected chi connectivity index (χ4v) is 4.88. The minimum Gasteiger partial charge on any atom is -0.378 e. The Kier molecular flexibility index (Phi) is 7.57. The number of piperidine rings is 2. The Balaban J connectivity index is 1.31. The summed E-state index contributed by atoms with van der Waals surface area (Å²) in [6.07, 6.45) is 4.18. The standard InChI is InChI=1S/C23H36N6O3/c1-2-19-15-20(28-11-13-32-14-12-28)26-23(25-19)18-5-9-29(10-6-18)21(30)16-27-7-3-17(4-8-27)22(24)31/h15,17-18H,2-14,16H2,1H3,(H2,24,31). The van der Waals surface area contributed by atoms with Gasteiger partial charge in [-0.25, -0.2) is 9.97 Å². The smallest absolute Gasteiger partial charge is 0.236 e. The summed E-state index contributed by atoms with van der Waals surface area (Å²) in [7, 11) is 0. The van der Waals surface area contributed by atoms with Gasteiger partial charge in [-0.1, -0.05) is 6.92 Å². The van der Waals surface area contributed by atoms with Gasteiger partial charge in [0, 0.05) is 49.8 Å². The number of carbonyl (C=O) groups is 2. The van der Waals surface area contributed by atoms with Crippen LogP contribution in [0.4, 0.5) is 5.82 Å². The Labute approximate surface area is 190 Å². The third-order valence-electron chi connectivity index (χ3n) is 7.04. The van der Waals surface area contributed by atoms with Crippen molar-refractivity contribution in [2.24, 2.45) is 11.7 Å². The molecule has 2 amide bonds. The van der Waals surface area contributed by atoms with E-state index in [0.29, 0.717) is 6.54 Å². The van der Waals surface area contributed by atoms with E-state index in [1.54, 1.807) is 0 Å². The van der Waals surface area contributed by atoms with Crippen molar-refractivity contribution in [2.75, 3.05) is 63.9 Å². The molecule has 1 aromatic heterocycles. The number of hydrogen-bond acceptors (Lipinski definition) is 7. The minimum absolute atomic E-state index is 0.0432. The number of likely N-dealkylation sites (tertiary alicyclic amines) is 2. The monoisotopic (exact) mass is 444 g/mol. The predicted octanol–water partition coefficient (Wildman–Crippen LogP) is 0.779. The normalized spacial score (nSPS) is 21.7. The highest BCUT2D eigenvalue weighted by atomic mass is 16.5. The molecule has 2 N–H and O–H groups in total. The van der Waals surface area contributed by atoms with E-state index in [-0.39, 0.29) is 23.7 Å². The maximum absolute atomic E-state index is 12.8. The number of aryl methyl sites for hydroxylation is 1. The molecule has 1 aromatic rings. The number of nitrogens with two attached hydrogens (primary N) is 1. The molecule has 3 aliphatic rings. The molecule has 0 unspecified atom stereocenters. The van der Waals surface area contributed by atoms with E-state index in [2.05, 4.69) is 22.8 Å². The third-order valence-corrected chi connectivity index (χ3v) is 7.04. The maximum atomic E-state index is 12.8. The summed E-state index contributed by atoms with van der Waals surface area (Å²) in [6.45, 7) is 8.77. The largest absolute Gasteiger partial charge is 0.378 e. The Morgan fingerprint density at radius 1 is 1.03 bits per heavy atom. The fraction of sp³-hybridized carbons (Fsp3) is 0.739. The number of carbonyl (C=O) groups excluding carboxylic acids is 2. The second-order valence-electron chi connectivity index (χ2n) is 9.14. The molecule has 3 saturated heterocycles. The molecule has 0 radical (unpaired) electrons. The quantitative estimate of drug-likeness (QED) is 0.691. The number of ether oxygens (including phenoxy) is 1. The molecule has 0 aromatic carbocycles. The number of morpholine rings is 1. The molecular formula is C23H36N6O3. The van der Waals surface area contributed by atoms with Crippen molar-refractivity contribution in [3.05, 3.63) is 17.6 Å².